The molecular weight excluding hydrogens is 388 g/mol. The summed E-state index contributed by atoms with van der Waals surface area (Å²) in [5.41, 5.74) is 0.355. The van der Waals surface area contributed by atoms with Crippen molar-refractivity contribution in [1.29, 1.82) is 0 Å². The molecule has 29 heavy (non-hydrogen) atoms. The third kappa shape index (κ3) is 5.23. The summed E-state index contributed by atoms with van der Waals surface area (Å²) >= 11 is 0. The fourth-order valence-electron chi connectivity index (χ4n) is 2.94. The van der Waals surface area contributed by atoms with Crippen molar-refractivity contribution in [2.75, 3.05) is 12.9 Å². The number of para-hydroxylation sites is 2. The highest BCUT2D eigenvalue weighted by molar-refractivity contribution is 7.91. The van der Waals surface area contributed by atoms with Crippen LogP contribution in [0.15, 0.2) is 89.8 Å². The van der Waals surface area contributed by atoms with E-state index in [0.29, 0.717) is 17.1 Å². The highest BCUT2D eigenvalue weighted by atomic mass is 32.2. The fourth-order valence-corrected chi connectivity index (χ4v) is 4.27. The maximum absolute atomic E-state index is 13.2. The number of hydrogen-bond acceptors (Lipinski definition) is 5. The van der Waals surface area contributed by atoms with Crippen LogP contribution in [0.25, 0.3) is 0 Å². The molecule has 6 heteroatoms. The quantitative estimate of drug-likeness (QED) is 0.495. The molecule has 0 radical (unpaired) electrons. The van der Waals surface area contributed by atoms with Gasteiger partial charge in [-0.1, -0.05) is 48.5 Å². The largest absolute Gasteiger partial charge is 0.496 e. The van der Waals surface area contributed by atoms with Gasteiger partial charge in [0.15, 0.2) is 15.9 Å². The molecule has 5 nitrogen and oxygen atoms in total. The molecule has 0 amide bonds. The lowest BCUT2D eigenvalue weighted by Crippen LogP contribution is -2.30. The van der Waals surface area contributed by atoms with E-state index in [1.807, 2.05) is 6.07 Å². The monoisotopic (exact) mass is 410 g/mol. The average Bonchev–Trinajstić information content (AvgIpc) is 2.77. The van der Waals surface area contributed by atoms with Crippen LogP contribution in [0.3, 0.4) is 0 Å². The van der Waals surface area contributed by atoms with Crippen molar-refractivity contribution in [2.24, 2.45) is 0 Å². The highest BCUT2D eigenvalue weighted by Gasteiger charge is 2.27. The summed E-state index contributed by atoms with van der Waals surface area (Å²) in [5, 5.41) is 0. The summed E-state index contributed by atoms with van der Waals surface area (Å²) in [6.07, 6.45) is -0.949. The van der Waals surface area contributed by atoms with E-state index in [9.17, 15) is 13.2 Å². The summed E-state index contributed by atoms with van der Waals surface area (Å²) in [7, 11) is -2.06. The van der Waals surface area contributed by atoms with Crippen molar-refractivity contribution in [3.8, 4) is 11.5 Å². The minimum Gasteiger partial charge on any atom is -0.496 e. The Kier molecular flexibility index (Phi) is 6.67. The molecule has 1 atom stereocenters. The van der Waals surface area contributed by atoms with E-state index in [0.717, 1.165) is 0 Å². The van der Waals surface area contributed by atoms with Gasteiger partial charge in [0.25, 0.3) is 0 Å². The number of benzene rings is 3. The van der Waals surface area contributed by atoms with Gasteiger partial charge < -0.3 is 9.47 Å². The lowest BCUT2D eigenvalue weighted by Gasteiger charge is -2.19. The van der Waals surface area contributed by atoms with Gasteiger partial charge in [-0.15, -0.1) is 0 Å². The maximum atomic E-state index is 13.2. The summed E-state index contributed by atoms with van der Waals surface area (Å²) in [4.78, 5) is 13.4. The van der Waals surface area contributed by atoms with Crippen molar-refractivity contribution in [1.82, 2.24) is 0 Å². The van der Waals surface area contributed by atoms with E-state index < -0.39 is 15.9 Å². The van der Waals surface area contributed by atoms with Crippen LogP contribution in [0.1, 0.15) is 16.8 Å². The van der Waals surface area contributed by atoms with E-state index in [1.165, 1.54) is 7.11 Å². The standard InChI is InChI=1S/C23H22O5S/c1-27-21-15-9-8-14-20(21)23(24)22(28-18-10-4-2-5-11-18)16-17-29(25,26)19-12-6-3-7-13-19/h2-15,22H,16-17H2,1H3. The predicted octanol–water partition coefficient (Wildman–Crippen LogP) is 4.19. The number of rotatable bonds is 9. The molecule has 150 valence electrons. The Morgan fingerprint density at radius 3 is 2.10 bits per heavy atom. The summed E-state index contributed by atoms with van der Waals surface area (Å²) in [6.45, 7) is 0. The van der Waals surface area contributed by atoms with Crippen molar-refractivity contribution in [3.05, 3.63) is 90.5 Å². The summed E-state index contributed by atoms with van der Waals surface area (Å²) < 4.78 is 36.5. The van der Waals surface area contributed by atoms with E-state index in [4.69, 9.17) is 9.47 Å². The molecule has 0 saturated heterocycles. The molecular formula is C23H22O5S. The van der Waals surface area contributed by atoms with Crippen LogP contribution in [-0.2, 0) is 9.84 Å². The van der Waals surface area contributed by atoms with E-state index in [2.05, 4.69) is 0 Å². The maximum Gasteiger partial charge on any atom is 0.207 e. The lowest BCUT2D eigenvalue weighted by molar-refractivity contribution is 0.0784. The van der Waals surface area contributed by atoms with Gasteiger partial charge in [0.1, 0.15) is 11.5 Å². The van der Waals surface area contributed by atoms with Gasteiger partial charge in [0.2, 0.25) is 5.78 Å². The van der Waals surface area contributed by atoms with Gasteiger partial charge in [-0.05, 0) is 36.4 Å². The van der Waals surface area contributed by atoms with Crippen LogP contribution in [0.2, 0.25) is 0 Å². The molecule has 0 aromatic heterocycles. The van der Waals surface area contributed by atoms with Gasteiger partial charge in [0, 0.05) is 6.42 Å². The topological polar surface area (TPSA) is 69.7 Å². The first-order valence-corrected chi connectivity index (χ1v) is 10.8. The van der Waals surface area contributed by atoms with Crippen LogP contribution in [0, 0.1) is 0 Å². The number of ketones is 1. The average molecular weight is 410 g/mol. The number of carbonyl (C=O) groups excluding carboxylic acids is 1. The van der Waals surface area contributed by atoms with E-state index >= 15 is 0 Å². The fraction of sp³-hybridized carbons (Fsp3) is 0.174. The molecule has 0 saturated carbocycles. The van der Waals surface area contributed by atoms with Crippen molar-refractivity contribution in [3.63, 3.8) is 0 Å². The number of methoxy groups -OCH3 is 1. The molecule has 0 N–H and O–H groups in total. The smallest absolute Gasteiger partial charge is 0.207 e. The zero-order chi connectivity index (χ0) is 20.7. The normalized spacial score (nSPS) is 12.2. The molecule has 0 spiro atoms. The van der Waals surface area contributed by atoms with Crippen LogP contribution < -0.4 is 9.47 Å². The molecule has 3 rings (SSSR count). The molecule has 0 aliphatic heterocycles. The first-order chi connectivity index (χ1) is 14.0. The summed E-state index contributed by atoms with van der Waals surface area (Å²) in [5.74, 6) is 0.382. The number of Topliss-reactive ketones (excluding diaryl/α,β-unsaturated/α-hetero) is 1. The molecule has 0 bridgehead atoms. The number of sulfone groups is 1. The van der Waals surface area contributed by atoms with Gasteiger partial charge >= 0.3 is 0 Å². The summed E-state index contributed by atoms with van der Waals surface area (Å²) in [6, 6.07) is 23.9. The third-order valence-electron chi connectivity index (χ3n) is 4.44. The zero-order valence-corrected chi connectivity index (χ0v) is 16.8. The predicted molar refractivity (Wildman–Crippen MR) is 111 cm³/mol. The Balaban J connectivity index is 1.86. The molecule has 3 aromatic carbocycles. The molecule has 3 aromatic rings. The van der Waals surface area contributed by atoms with Crippen LogP contribution in [-0.4, -0.2) is 33.2 Å². The minimum absolute atomic E-state index is 0.0169. The second kappa shape index (κ2) is 9.39. The lowest BCUT2D eigenvalue weighted by atomic mass is 10.0. The molecule has 1 unspecified atom stereocenters. The van der Waals surface area contributed by atoms with E-state index in [1.54, 1.807) is 78.9 Å². The number of hydrogen-bond donors (Lipinski definition) is 0. The Morgan fingerprint density at radius 2 is 1.45 bits per heavy atom. The Labute approximate surface area is 170 Å². The first-order valence-electron chi connectivity index (χ1n) is 9.18. The van der Waals surface area contributed by atoms with Crippen LogP contribution >= 0.6 is 0 Å². The zero-order valence-electron chi connectivity index (χ0n) is 16.0. The number of carbonyl (C=O) groups is 1. The molecule has 0 aliphatic carbocycles. The Bertz CT molecular complexity index is 1050. The Hall–Kier alpha value is -3.12. The van der Waals surface area contributed by atoms with Gasteiger partial charge in [-0.2, -0.15) is 0 Å². The first kappa shape index (κ1) is 20.6. The second-order valence-corrected chi connectivity index (χ2v) is 8.51. The minimum atomic E-state index is -3.54. The molecule has 0 fully saturated rings. The third-order valence-corrected chi connectivity index (χ3v) is 6.20. The van der Waals surface area contributed by atoms with Crippen molar-refractivity contribution < 1.29 is 22.7 Å². The second-order valence-electron chi connectivity index (χ2n) is 6.40. The number of ether oxygens (including phenoxy) is 2. The van der Waals surface area contributed by atoms with Crippen molar-refractivity contribution >= 4 is 15.6 Å². The SMILES string of the molecule is COc1ccccc1C(=O)C(CCS(=O)(=O)c1ccccc1)Oc1ccccc1. The van der Waals surface area contributed by atoms with E-state index in [-0.39, 0.29) is 22.9 Å². The van der Waals surface area contributed by atoms with Crippen LogP contribution in [0.5, 0.6) is 11.5 Å². The highest BCUT2D eigenvalue weighted by Crippen LogP contribution is 2.24. The molecule has 0 heterocycles. The Morgan fingerprint density at radius 1 is 0.862 bits per heavy atom. The van der Waals surface area contributed by atoms with Crippen LogP contribution in [0.4, 0.5) is 0 Å². The van der Waals surface area contributed by atoms with Gasteiger partial charge in [-0.25, -0.2) is 8.42 Å². The van der Waals surface area contributed by atoms with Crippen molar-refractivity contribution in [2.45, 2.75) is 17.4 Å². The van der Waals surface area contributed by atoms with Gasteiger partial charge in [0.05, 0.1) is 23.3 Å². The molecule has 0 aliphatic rings. The van der Waals surface area contributed by atoms with Gasteiger partial charge in [-0.3, -0.25) is 4.79 Å².